The van der Waals surface area contributed by atoms with Gasteiger partial charge in [-0.05, 0) is 55.5 Å². The lowest BCUT2D eigenvalue weighted by Crippen LogP contribution is -2.00. The van der Waals surface area contributed by atoms with E-state index in [-0.39, 0.29) is 0 Å². The summed E-state index contributed by atoms with van der Waals surface area (Å²) in [6, 6.07) is 10.2. The highest BCUT2D eigenvalue weighted by Gasteiger charge is 2.08. The summed E-state index contributed by atoms with van der Waals surface area (Å²) in [7, 11) is 0. The largest absolute Gasteiger partial charge is 0.340 e. The topological polar surface area (TPSA) is 50.7 Å². The van der Waals surface area contributed by atoms with Gasteiger partial charge in [0.25, 0.3) is 0 Å². The number of fused-ring (bicyclic) bond motifs is 1. The van der Waals surface area contributed by atoms with Gasteiger partial charge in [0.2, 0.25) is 0 Å². The number of anilines is 2. The van der Waals surface area contributed by atoms with Crippen molar-refractivity contribution >= 4 is 34.3 Å². The van der Waals surface area contributed by atoms with Gasteiger partial charge in [0.15, 0.2) is 10.8 Å². The average Bonchev–Trinajstić information content (AvgIpc) is 2.46. The molecule has 0 radical (unpaired) electrons. The summed E-state index contributed by atoms with van der Waals surface area (Å²) in [5.41, 5.74) is 4.19. The molecule has 4 nitrogen and oxygen atoms in total. The summed E-state index contributed by atoms with van der Waals surface area (Å²) in [6.07, 6.45) is 3.71. The van der Waals surface area contributed by atoms with Crippen molar-refractivity contribution in [3.05, 3.63) is 47.7 Å². The second kappa shape index (κ2) is 5.69. The standard InChI is InChI=1S/C16H16N4S/c1-10-7-11(2)9-12(8-10)18-15-13-5-4-6-17-14(13)19-16(20-15)21-3/h4-9H,1-3H3,(H,17,18,19,20). The first-order valence-electron chi connectivity index (χ1n) is 6.68. The summed E-state index contributed by atoms with van der Waals surface area (Å²) in [5, 5.41) is 5.04. The third-order valence-corrected chi connectivity index (χ3v) is 3.67. The smallest absolute Gasteiger partial charge is 0.191 e. The van der Waals surface area contributed by atoms with E-state index in [1.54, 1.807) is 6.20 Å². The number of nitrogens with one attached hydrogen (secondary N) is 1. The lowest BCUT2D eigenvalue weighted by atomic mass is 10.1. The maximum Gasteiger partial charge on any atom is 0.191 e. The summed E-state index contributed by atoms with van der Waals surface area (Å²) >= 11 is 1.51. The van der Waals surface area contributed by atoms with Gasteiger partial charge in [-0.2, -0.15) is 0 Å². The summed E-state index contributed by atoms with van der Waals surface area (Å²) in [5.74, 6) is 0.794. The van der Waals surface area contributed by atoms with Crippen LogP contribution in [0.2, 0.25) is 0 Å². The molecule has 3 aromatic rings. The molecule has 2 heterocycles. The van der Waals surface area contributed by atoms with Crippen LogP contribution in [-0.4, -0.2) is 21.2 Å². The number of rotatable bonds is 3. The van der Waals surface area contributed by atoms with Crippen LogP contribution in [0.5, 0.6) is 0 Å². The lowest BCUT2D eigenvalue weighted by molar-refractivity contribution is 0.996. The fourth-order valence-corrected chi connectivity index (χ4v) is 2.67. The van der Waals surface area contributed by atoms with E-state index in [9.17, 15) is 0 Å². The molecule has 1 N–H and O–H groups in total. The molecule has 0 spiro atoms. The highest BCUT2D eigenvalue weighted by Crippen LogP contribution is 2.26. The van der Waals surface area contributed by atoms with E-state index in [2.05, 4.69) is 52.3 Å². The average molecular weight is 296 g/mol. The van der Waals surface area contributed by atoms with E-state index in [0.717, 1.165) is 16.9 Å². The van der Waals surface area contributed by atoms with Crippen LogP contribution in [0.3, 0.4) is 0 Å². The van der Waals surface area contributed by atoms with Gasteiger partial charge in [-0.15, -0.1) is 0 Å². The Labute approximate surface area is 128 Å². The van der Waals surface area contributed by atoms with E-state index < -0.39 is 0 Å². The second-order valence-corrected chi connectivity index (χ2v) is 5.71. The Morgan fingerprint density at radius 1 is 1.05 bits per heavy atom. The van der Waals surface area contributed by atoms with E-state index >= 15 is 0 Å². The molecule has 0 atom stereocenters. The van der Waals surface area contributed by atoms with Crippen LogP contribution in [0.25, 0.3) is 11.0 Å². The first kappa shape index (κ1) is 13.8. The molecule has 0 saturated carbocycles. The van der Waals surface area contributed by atoms with Gasteiger partial charge in [-0.1, -0.05) is 17.8 Å². The molecule has 0 aliphatic carbocycles. The molecule has 5 heteroatoms. The zero-order valence-corrected chi connectivity index (χ0v) is 13.0. The molecular formula is C16H16N4S. The minimum atomic E-state index is 0.712. The van der Waals surface area contributed by atoms with Crippen LogP contribution in [0.4, 0.5) is 11.5 Å². The fraction of sp³-hybridized carbons (Fsp3) is 0.188. The lowest BCUT2D eigenvalue weighted by Gasteiger charge is -2.11. The Balaban J connectivity index is 2.10. The maximum atomic E-state index is 4.57. The van der Waals surface area contributed by atoms with Crippen molar-refractivity contribution in [2.24, 2.45) is 0 Å². The van der Waals surface area contributed by atoms with Gasteiger partial charge in [-0.25, -0.2) is 15.0 Å². The predicted octanol–water partition coefficient (Wildman–Crippen LogP) is 4.11. The molecule has 1 aromatic carbocycles. The second-order valence-electron chi connectivity index (χ2n) is 4.93. The van der Waals surface area contributed by atoms with Gasteiger partial charge >= 0.3 is 0 Å². The SMILES string of the molecule is CSc1nc(Nc2cc(C)cc(C)c2)c2cccnc2n1. The number of pyridine rings is 1. The summed E-state index contributed by atoms with van der Waals surface area (Å²) in [4.78, 5) is 13.3. The highest BCUT2D eigenvalue weighted by atomic mass is 32.2. The molecule has 0 unspecified atom stereocenters. The first-order chi connectivity index (χ1) is 10.2. The number of hydrogen-bond acceptors (Lipinski definition) is 5. The first-order valence-corrected chi connectivity index (χ1v) is 7.90. The molecule has 0 saturated heterocycles. The van der Waals surface area contributed by atoms with Gasteiger partial charge in [0.05, 0.1) is 5.39 Å². The Bertz CT molecular complexity index is 781. The molecule has 3 rings (SSSR count). The highest BCUT2D eigenvalue weighted by molar-refractivity contribution is 7.98. The fourth-order valence-electron chi connectivity index (χ4n) is 2.31. The third-order valence-electron chi connectivity index (χ3n) is 3.12. The predicted molar refractivity (Wildman–Crippen MR) is 88.3 cm³/mol. The van der Waals surface area contributed by atoms with E-state index in [4.69, 9.17) is 0 Å². The Morgan fingerprint density at radius 2 is 1.81 bits per heavy atom. The van der Waals surface area contributed by atoms with Crippen LogP contribution in [0.15, 0.2) is 41.7 Å². The number of hydrogen-bond donors (Lipinski definition) is 1. The quantitative estimate of drug-likeness (QED) is 0.582. The number of benzene rings is 1. The molecule has 0 fully saturated rings. The molecule has 0 aliphatic heterocycles. The maximum absolute atomic E-state index is 4.57. The molecule has 2 aromatic heterocycles. The minimum Gasteiger partial charge on any atom is -0.340 e. The van der Waals surface area contributed by atoms with Crippen molar-refractivity contribution < 1.29 is 0 Å². The molecule has 0 aliphatic rings. The molecular weight excluding hydrogens is 280 g/mol. The monoisotopic (exact) mass is 296 g/mol. The van der Waals surface area contributed by atoms with Gasteiger partial charge in [0, 0.05) is 11.9 Å². The van der Waals surface area contributed by atoms with E-state index in [0.29, 0.717) is 10.8 Å². The minimum absolute atomic E-state index is 0.712. The van der Waals surface area contributed by atoms with Crippen LogP contribution in [-0.2, 0) is 0 Å². The van der Waals surface area contributed by atoms with Crippen molar-refractivity contribution in [3.8, 4) is 0 Å². The van der Waals surface area contributed by atoms with Crippen LogP contribution >= 0.6 is 11.8 Å². The number of nitrogens with zero attached hydrogens (tertiary/aromatic N) is 3. The van der Waals surface area contributed by atoms with Crippen molar-refractivity contribution in [3.63, 3.8) is 0 Å². The van der Waals surface area contributed by atoms with Gasteiger partial charge in [-0.3, -0.25) is 0 Å². The number of thioether (sulfide) groups is 1. The van der Waals surface area contributed by atoms with Crippen molar-refractivity contribution in [1.82, 2.24) is 15.0 Å². The summed E-state index contributed by atoms with van der Waals surface area (Å²) < 4.78 is 0. The Kier molecular flexibility index (Phi) is 3.75. The van der Waals surface area contributed by atoms with Gasteiger partial charge in [0.1, 0.15) is 5.82 Å². The molecule has 106 valence electrons. The van der Waals surface area contributed by atoms with Crippen molar-refractivity contribution in [2.45, 2.75) is 19.0 Å². The van der Waals surface area contributed by atoms with Gasteiger partial charge < -0.3 is 5.32 Å². The van der Waals surface area contributed by atoms with Crippen LogP contribution in [0.1, 0.15) is 11.1 Å². The Hall–Kier alpha value is -2.14. The van der Waals surface area contributed by atoms with Crippen molar-refractivity contribution in [1.29, 1.82) is 0 Å². The molecule has 0 amide bonds. The Morgan fingerprint density at radius 3 is 2.52 bits per heavy atom. The zero-order valence-electron chi connectivity index (χ0n) is 12.2. The van der Waals surface area contributed by atoms with Crippen LogP contribution < -0.4 is 5.32 Å². The van der Waals surface area contributed by atoms with Crippen LogP contribution in [0, 0.1) is 13.8 Å². The molecule has 21 heavy (non-hydrogen) atoms. The normalized spacial score (nSPS) is 10.8. The zero-order chi connectivity index (χ0) is 14.8. The van der Waals surface area contributed by atoms with E-state index in [1.807, 2.05) is 18.4 Å². The third kappa shape index (κ3) is 2.97. The molecule has 0 bridgehead atoms. The van der Waals surface area contributed by atoms with Crippen molar-refractivity contribution in [2.75, 3.05) is 11.6 Å². The number of aryl methyl sites for hydroxylation is 2. The number of aromatic nitrogens is 3. The summed E-state index contributed by atoms with van der Waals surface area (Å²) in [6.45, 7) is 4.18. The van der Waals surface area contributed by atoms with E-state index in [1.165, 1.54) is 22.9 Å².